The van der Waals surface area contributed by atoms with E-state index in [2.05, 4.69) is 116 Å². The van der Waals surface area contributed by atoms with Crippen LogP contribution in [0, 0.1) is 6.92 Å². The quantitative estimate of drug-likeness (QED) is 0.0347. The molecule has 4 heterocycles. The molecular weight excluding hydrogens is 1750 g/mol. The third kappa shape index (κ3) is 40.0. The molecule has 4 saturated heterocycles. The van der Waals surface area contributed by atoms with Crippen LogP contribution in [0.3, 0.4) is 0 Å². The molecule has 0 radical (unpaired) electrons. The van der Waals surface area contributed by atoms with E-state index in [4.69, 9.17) is 42.0 Å². The fourth-order valence-electron chi connectivity index (χ4n) is 9.30. The SMILES string of the molecule is C.C.C.CC1(C)OB(B2OC(C)(C)C(C)(C)O2)OC1(C)C.CC1(C)OB(c2ccc(CCS(C)(=O)=O)cc2)OC1(C)C.CN(P)C1CCCO1.CS(=O)(=O)CCc1ccc(Br)cc1.CSCCc1ccc(Br)cc1.C[S-].Cc1ccc(S(=O)(=O)OCCc2ccc(Br)cc2)cc1.OCCc1ccc(Br)cc1.[Na+]. The van der Waals surface area contributed by atoms with Crippen molar-refractivity contribution in [2.24, 2.45) is 0 Å². The molecule has 2 unspecified atom stereocenters. The van der Waals surface area contributed by atoms with E-state index < -0.39 is 43.8 Å². The zero-order chi connectivity index (χ0) is 77.8. The smallest absolute Gasteiger partial charge is 0.796 e. The normalized spacial score (nSPS) is 17.2. The van der Waals surface area contributed by atoms with Crippen molar-refractivity contribution in [3.63, 3.8) is 0 Å². The number of sulfone groups is 2. The van der Waals surface area contributed by atoms with Crippen LogP contribution in [0.1, 0.15) is 152 Å². The molecule has 6 aromatic rings. The molecule has 6 aromatic carbocycles. The third-order valence-corrected chi connectivity index (χ3v) is 24.0. The van der Waals surface area contributed by atoms with Crippen molar-refractivity contribution in [1.82, 2.24) is 4.67 Å². The second-order valence-corrected chi connectivity index (χ2v) is 39.6. The van der Waals surface area contributed by atoms with Gasteiger partial charge in [-0.25, -0.2) is 16.8 Å². The Bertz CT molecular complexity index is 3720. The Morgan fingerprint density at radius 1 is 0.514 bits per heavy atom. The van der Waals surface area contributed by atoms with Crippen LogP contribution in [0.5, 0.6) is 0 Å². The van der Waals surface area contributed by atoms with Gasteiger partial charge in [0.1, 0.15) is 25.9 Å². The van der Waals surface area contributed by atoms with Gasteiger partial charge in [-0.2, -0.15) is 26.4 Å². The van der Waals surface area contributed by atoms with Crippen molar-refractivity contribution in [2.75, 3.05) is 69.1 Å². The van der Waals surface area contributed by atoms with Crippen LogP contribution in [0.25, 0.3) is 0 Å². The number of hydrogen-bond acceptors (Lipinski definition) is 18. The van der Waals surface area contributed by atoms with E-state index in [1.54, 1.807) is 30.5 Å². The summed E-state index contributed by atoms with van der Waals surface area (Å²) in [6.45, 7) is 27.5. The van der Waals surface area contributed by atoms with Gasteiger partial charge in [0.2, 0.25) is 0 Å². The van der Waals surface area contributed by atoms with Gasteiger partial charge in [0.05, 0.1) is 56.6 Å². The average Bonchev–Trinajstić information content (AvgIpc) is 1.60. The van der Waals surface area contributed by atoms with Crippen molar-refractivity contribution in [2.45, 2.75) is 202 Å². The van der Waals surface area contributed by atoms with E-state index in [0.29, 0.717) is 25.5 Å². The van der Waals surface area contributed by atoms with Crippen LogP contribution in [-0.4, -0.2) is 165 Å². The van der Waals surface area contributed by atoms with Crippen LogP contribution < -0.4 is 35.0 Å². The molecule has 0 aromatic heterocycles. The first-order chi connectivity index (χ1) is 47.8. The fourth-order valence-corrected chi connectivity index (χ4v) is 13.2. The Morgan fingerprint density at radius 3 is 1.11 bits per heavy atom. The second-order valence-electron chi connectivity index (χ2n) is 28.0. The minimum Gasteiger partial charge on any atom is -0.796 e. The zero-order valence-corrected chi connectivity index (χ0v) is 77.7. The van der Waals surface area contributed by atoms with Gasteiger partial charge in [0, 0.05) is 43.6 Å². The van der Waals surface area contributed by atoms with E-state index in [-0.39, 0.29) is 122 Å². The number of rotatable bonds is 19. The van der Waals surface area contributed by atoms with Gasteiger partial charge in [-0.15, -0.1) is 0 Å². The molecule has 107 heavy (non-hydrogen) atoms. The van der Waals surface area contributed by atoms with Crippen LogP contribution in [0.4, 0.5) is 0 Å². The van der Waals surface area contributed by atoms with Crippen molar-refractivity contribution in [1.29, 1.82) is 0 Å². The van der Waals surface area contributed by atoms with E-state index in [1.165, 1.54) is 48.7 Å². The summed E-state index contributed by atoms with van der Waals surface area (Å²) in [6, 6.07) is 46.3. The van der Waals surface area contributed by atoms with E-state index in [9.17, 15) is 25.3 Å². The molecule has 0 spiro atoms. The molecule has 0 aliphatic carbocycles. The number of benzene rings is 6. The van der Waals surface area contributed by atoms with Crippen LogP contribution in [-0.2, 0) is 111 Å². The Hall–Kier alpha value is -0.985. The largest absolute Gasteiger partial charge is 1.00 e. The summed E-state index contributed by atoms with van der Waals surface area (Å²) in [7, 11) is -6.14. The Balaban J connectivity index is 0. The molecule has 0 saturated carbocycles. The first-order valence-corrected chi connectivity index (χ1v) is 45.3. The monoisotopic (exact) mass is 1860 g/mol. The van der Waals surface area contributed by atoms with Crippen molar-refractivity contribution in [3.05, 3.63) is 197 Å². The molecular formula is C77H120B3Br4NNaO15PS5. The summed E-state index contributed by atoms with van der Waals surface area (Å²) in [5.74, 6) is 1.60. The average molecular weight is 1870 g/mol. The second kappa shape index (κ2) is 50.5. The predicted octanol–water partition coefficient (Wildman–Crippen LogP) is 14.8. The molecule has 4 aliphatic heterocycles. The van der Waals surface area contributed by atoms with Crippen molar-refractivity contribution < 1.29 is 96.8 Å². The molecule has 10 rings (SSSR count). The number of hydrogen-bond donors (Lipinski definition) is 1. The minimum atomic E-state index is -3.66. The standard InChI is InChI=1S/C15H23BO4S.C15H15BrO3S.C12H24B2O4.C9H11BrO2S.C9H11BrS.C8H9BrO.C5H12NOP.CH4S.3CH4.Na/c1-14(2)15(3,4)20-16(19-14)13-8-6-12(7-9-13)10-11-21(5,17)18;1-12-2-8-15(9-3-12)20(17,18)19-11-10-13-4-6-14(16)7-5-13;1-9(2)10(3,4)16-13(15-9)14-17-11(5,6)12(7,8)18-14;1-13(11,12)7-6-8-2-4-9(10)5-3-8;1-11-7-6-8-2-4-9(10)5-3-8;9-8-3-1-7(2-4-8)5-6-10;1-6(8)5-3-2-4-7-5;1-2;;;;/h6-9H,10-11H2,1-5H3;2-9H,10-11H2,1H3;1-8H3;2-5H,6-7H2,1H3;2-5H,6-7H2,1H3;1-4,10H,5-6H2;5H,2-4,8H2,1H3;2H,1H3;3*1H4;/q;;;;;;;;;;;+1/p-1. The van der Waals surface area contributed by atoms with Gasteiger partial charge in [-0.05, 0) is 248 Å². The Morgan fingerprint density at radius 2 is 0.822 bits per heavy atom. The fraction of sp³-hybridized carbons (Fsp3) is 0.532. The number of aliphatic hydroxyl groups is 1. The molecule has 4 aliphatic rings. The van der Waals surface area contributed by atoms with E-state index >= 15 is 0 Å². The maximum Gasteiger partial charge on any atom is 1.00 e. The van der Waals surface area contributed by atoms with Gasteiger partial charge in [-0.1, -0.05) is 186 Å². The number of thioether (sulfide) groups is 1. The summed E-state index contributed by atoms with van der Waals surface area (Å²) < 4.78 is 120. The maximum atomic E-state index is 12.0. The van der Waals surface area contributed by atoms with Gasteiger partial charge in [-0.3, -0.25) is 8.85 Å². The van der Waals surface area contributed by atoms with Crippen molar-refractivity contribution in [3.8, 4) is 0 Å². The summed E-state index contributed by atoms with van der Waals surface area (Å²) in [5, 5.41) is 8.58. The predicted molar refractivity (Wildman–Crippen MR) is 469 cm³/mol. The molecule has 596 valence electrons. The Kier molecular flexibility index (Phi) is 51.0. The summed E-state index contributed by atoms with van der Waals surface area (Å²) in [4.78, 5) is 0.193. The number of aliphatic hydroxyl groups excluding tert-OH is 1. The van der Waals surface area contributed by atoms with Gasteiger partial charge in [0.25, 0.3) is 10.1 Å². The van der Waals surface area contributed by atoms with Crippen LogP contribution >= 0.6 is 84.9 Å². The molecule has 1 N–H and O–H groups in total. The third-order valence-electron chi connectivity index (χ3n) is 17.7. The number of aryl methyl sites for hydroxylation is 4. The first kappa shape index (κ1) is 108. The van der Waals surface area contributed by atoms with E-state index in [0.717, 1.165) is 58.6 Å². The summed E-state index contributed by atoms with van der Waals surface area (Å²) in [5.41, 5.74) is 5.50. The van der Waals surface area contributed by atoms with Crippen molar-refractivity contribution >= 4 is 154 Å². The summed E-state index contributed by atoms with van der Waals surface area (Å²) in [6.07, 6.45) is 12.6. The number of ether oxygens (including phenoxy) is 1. The number of halogens is 4. The van der Waals surface area contributed by atoms with Gasteiger partial charge < -0.3 is 50.4 Å². The number of nitrogens with zero attached hydrogens (tertiary/aromatic N) is 1. The molecule has 2 atom stereocenters. The Labute approximate surface area is 715 Å². The topological polar surface area (TPSA) is 200 Å². The zero-order valence-electron chi connectivity index (χ0n) is 64.1. The molecule has 16 nitrogen and oxygen atoms in total. The van der Waals surface area contributed by atoms with Crippen LogP contribution in [0.2, 0.25) is 0 Å². The van der Waals surface area contributed by atoms with Gasteiger partial charge in [0.15, 0.2) is 0 Å². The molecule has 30 heteroatoms. The minimum absolute atomic E-state index is 0. The first-order valence-electron chi connectivity index (χ1n) is 33.8. The van der Waals surface area contributed by atoms with Crippen LogP contribution in [0.15, 0.2) is 168 Å². The molecule has 0 amide bonds. The van der Waals surface area contributed by atoms with Gasteiger partial charge >= 0.3 is 50.7 Å². The molecule has 4 fully saturated rings. The van der Waals surface area contributed by atoms with E-state index in [1.807, 2.05) is 211 Å². The molecule has 0 bridgehead atoms. The summed E-state index contributed by atoms with van der Waals surface area (Å²) >= 11 is 19.4. The maximum absolute atomic E-state index is 12.0.